The summed E-state index contributed by atoms with van der Waals surface area (Å²) in [6, 6.07) is 9.59. The monoisotopic (exact) mass is 255 g/mol. The molecule has 1 aromatic heterocycles. The van der Waals surface area contributed by atoms with E-state index in [1.165, 1.54) is 0 Å². The number of fused-ring (bicyclic) bond motifs is 1. The Labute approximate surface area is 112 Å². The summed E-state index contributed by atoms with van der Waals surface area (Å²) < 4.78 is 0. The Bertz CT molecular complexity index is 609. The number of carbonyl (C=O) groups excluding carboxylic acids is 1. The first-order valence-corrected chi connectivity index (χ1v) is 6.80. The number of aliphatic hydroxyl groups is 1. The van der Waals surface area contributed by atoms with Crippen molar-refractivity contribution in [2.24, 2.45) is 0 Å². The lowest BCUT2D eigenvalue weighted by atomic mass is 9.85. The number of nitrogens with zero attached hydrogens (tertiary/aromatic N) is 1. The van der Waals surface area contributed by atoms with Crippen molar-refractivity contribution in [1.82, 2.24) is 4.98 Å². The highest BCUT2D eigenvalue weighted by Gasteiger charge is 2.22. The molecule has 1 aliphatic rings. The van der Waals surface area contributed by atoms with E-state index in [4.69, 9.17) is 0 Å². The second-order valence-corrected chi connectivity index (χ2v) is 5.32. The normalized spacial score (nSPS) is 23.4. The standard InChI is InChI=1S/C16H17NO2/c18-10-11-4-6-15-13(8-11)5-7-16(17-15)12-2-1-3-14(19)9-12/h4-8,10,12,14,19H,1-3,9H2/t12-,14+/m0/s1. The minimum atomic E-state index is -0.186. The van der Waals surface area contributed by atoms with Crippen LogP contribution in [-0.2, 0) is 0 Å². The molecule has 2 atom stereocenters. The molecule has 0 spiro atoms. The summed E-state index contributed by atoms with van der Waals surface area (Å²) in [5.74, 6) is 0.360. The van der Waals surface area contributed by atoms with Gasteiger partial charge in [-0.3, -0.25) is 9.78 Å². The zero-order chi connectivity index (χ0) is 13.2. The van der Waals surface area contributed by atoms with Gasteiger partial charge in [-0.05, 0) is 43.5 Å². The zero-order valence-corrected chi connectivity index (χ0v) is 10.7. The summed E-state index contributed by atoms with van der Waals surface area (Å²) in [6.07, 6.45) is 4.55. The summed E-state index contributed by atoms with van der Waals surface area (Å²) in [5.41, 5.74) is 2.66. The second kappa shape index (κ2) is 5.10. The van der Waals surface area contributed by atoms with Crippen molar-refractivity contribution in [1.29, 1.82) is 0 Å². The van der Waals surface area contributed by atoms with Crippen molar-refractivity contribution in [3.63, 3.8) is 0 Å². The molecule has 1 N–H and O–H groups in total. The quantitative estimate of drug-likeness (QED) is 0.839. The third-order valence-electron chi connectivity index (χ3n) is 3.94. The minimum Gasteiger partial charge on any atom is -0.393 e. The molecule has 0 saturated heterocycles. The first-order chi connectivity index (χ1) is 9.26. The molecule has 0 radical (unpaired) electrons. The fraction of sp³-hybridized carbons (Fsp3) is 0.375. The number of carbonyl (C=O) groups is 1. The summed E-state index contributed by atoms with van der Waals surface area (Å²) in [7, 11) is 0. The van der Waals surface area contributed by atoms with Crippen LogP contribution in [-0.4, -0.2) is 22.5 Å². The maximum Gasteiger partial charge on any atom is 0.150 e. The summed E-state index contributed by atoms with van der Waals surface area (Å²) >= 11 is 0. The van der Waals surface area contributed by atoms with Crippen LogP contribution in [0.15, 0.2) is 30.3 Å². The van der Waals surface area contributed by atoms with Crippen molar-refractivity contribution in [3.05, 3.63) is 41.6 Å². The van der Waals surface area contributed by atoms with Gasteiger partial charge in [0.1, 0.15) is 6.29 Å². The van der Waals surface area contributed by atoms with E-state index in [-0.39, 0.29) is 6.10 Å². The fourth-order valence-corrected chi connectivity index (χ4v) is 2.89. The molecule has 0 bridgehead atoms. The molecule has 19 heavy (non-hydrogen) atoms. The van der Waals surface area contributed by atoms with Gasteiger partial charge in [-0.2, -0.15) is 0 Å². The number of hydrogen-bond donors (Lipinski definition) is 1. The van der Waals surface area contributed by atoms with E-state index in [0.29, 0.717) is 11.5 Å². The first kappa shape index (κ1) is 12.3. The molecule has 0 aliphatic heterocycles. The Hall–Kier alpha value is -1.74. The van der Waals surface area contributed by atoms with Crippen LogP contribution in [0, 0.1) is 0 Å². The Morgan fingerprint density at radius 3 is 2.89 bits per heavy atom. The van der Waals surface area contributed by atoms with Crippen LogP contribution >= 0.6 is 0 Å². The average molecular weight is 255 g/mol. The van der Waals surface area contributed by atoms with Crippen molar-refractivity contribution < 1.29 is 9.90 Å². The van der Waals surface area contributed by atoms with Gasteiger partial charge in [0.15, 0.2) is 0 Å². The highest BCUT2D eigenvalue weighted by molar-refractivity contribution is 5.86. The molecule has 3 rings (SSSR count). The highest BCUT2D eigenvalue weighted by Crippen LogP contribution is 2.32. The number of aldehydes is 1. The topological polar surface area (TPSA) is 50.2 Å². The number of pyridine rings is 1. The van der Waals surface area contributed by atoms with Crippen molar-refractivity contribution in [2.75, 3.05) is 0 Å². The Morgan fingerprint density at radius 2 is 2.11 bits per heavy atom. The van der Waals surface area contributed by atoms with Gasteiger partial charge in [-0.1, -0.05) is 12.5 Å². The molecule has 1 heterocycles. The van der Waals surface area contributed by atoms with Crippen LogP contribution in [0.3, 0.4) is 0 Å². The summed E-state index contributed by atoms with van der Waals surface area (Å²) in [5, 5.41) is 10.7. The van der Waals surface area contributed by atoms with Crippen molar-refractivity contribution >= 4 is 17.2 Å². The van der Waals surface area contributed by atoms with Gasteiger partial charge in [0.25, 0.3) is 0 Å². The highest BCUT2D eigenvalue weighted by atomic mass is 16.3. The lowest BCUT2D eigenvalue weighted by molar-refractivity contribution is 0.112. The van der Waals surface area contributed by atoms with E-state index >= 15 is 0 Å². The summed E-state index contributed by atoms with van der Waals surface area (Å²) in [4.78, 5) is 15.4. The molecular weight excluding hydrogens is 238 g/mol. The van der Waals surface area contributed by atoms with Crippen LogP contribution in [0.4, 0.5) is 0 Å². The SMILES string of the molecule is O=Cc1ccc2nc([C@H]3CCC[C@@H](O)C3)ccc2c1. The largest absolute Gasteiger partial charge is 0.393 e. The van der Waals surface area contributed by atoms with Crippen LogP contribution in [0.25, 0.3) is 10.9 Å². The predicted molar refractivity (Wildman–Crippen MR) is 74.3 cm³/mol. The smallest absolute Gasteiger partial charge is 0.150 e. The van der Waals surface area contributed by atoms with Gasteiger partial charge >= 0.3 is 0 Å². The molecule has 1 aromatic carbocycles. The van der Waals surface area contributed by atoms with Gasteiger partial charge in [0, 0.05) is 22.6 Å². The number of rotatable bonds is 2. The molecule has 1 fully saturated rings. The number of benzene rings is 1. The molecule has 0 unspecified atom stereocenters. The molecule has 98 valence electrons. The van der Waals surface area contributed by atoms with Crippen molar-refractivity contribution in [3.8, 4) is 0 Å². The molecule has 0 amide bonds. The minimum absolute atomic E-state index is 0.186. The third-order valence-corrected chi connectivity index (χ3v) is 3.94. The van der Waals surface area contributed by atoms with E-state index in [1.807, 2.05) is 24.3 Å². The van der Waals surface area contributed by atoms with E-state index < -0.39 is 0 Å². The zero-order valence-electron chi connectivity index (χ0n) is 10.7. The average Bonchev–Trinajstić information content (AvgIpc) is 2.46. The van der Waals surface area contributed by atoms with Gasteiger partial charge in [-0.25, -0.2) is 0 Å². The summed E-state index contributed by atoms with van der Waals surface area (Å²) in [6.45, 7) is 0. The van der Waals surface area contributed by atoms with E-state index in [9.17, 15) is 9.90 Å². The van der Waals surface area contributed by atoms with Gasteiger partial charge in [0.05, 0.1) is 11.6 Å². The molecule has 3 heteroatoms. The van der Waals surface area contributed by atoms with E-state index in [1.54, 1.807) is 6.07 Å². The molecule has 3 nitrogen and oxygen atoms in total. The van der Waals surface area contributed by atoms with Crippen LogP contribution in [0.2, 0.25) is 0 Å². The van der Waals surface area contributed by atoms with Crippen LogP contribution < -0.4 is 0 Å². The molecule has 2 aromatic rings. The maximum absolute atomic E-state index is 10.8. The van der Waals surface area contributed by atoms with Gasteiger partial charge in [-0.15, -0.1) is 0 Å². The number of hydrogen-bond acceptors (Lipinski definition) is 3. The second-order valence-electron chi connectivity index (χ2n) is 5.32. The maximum atomic E-state index is 10.8. The predicted octanol–water partition coefficient (Wildman–Crippen LogP) is 3.07. The third kappa shape index (κ3) is 2.51. The Balaban J connectivity index is 1.95. The molecular formula is C16H17NO2. The van der Waals surface area contributed by atoms with Crippen LogP contribution in [0.1, 0.15) is 47.7 Å². The molecule has 1 aliphatic carbocycles. The first-order valence-electron chi connectivity index (χ1n) is 6.80. The van der Waals surface area contributed by atoms with Crippen LogP contribution in [0.5, 0.6) is 0 Å². The number of aromatic nitrogens is 1. The fourth-order valence-electron chi connectivity index (χ4n) is 2.89. The van der Waals surface area contributed by atoms with Crippen molar-refractivity contribution in [2.45, 2.75) is 37.7 Å². The number of aliphatic hydroxyl groups excluding tert-OH is 1. The van der Waals surface area contributed by atoms with E-state index in [2.05, 4.69) is 4.98 Å². The molecule has 1 saturated carbocycles. The lowest BCUT2D eigenvalue weighted by Gasteiger charge is -2.25. The Morgan fingerprint density at radius 1 is 1.21 bits per heavy atom. The van der Waals surface area contributed by atoms with Gasteiger partial charge in [0.2, 0.25) is 0 Å². The van der Waals surface area contributed by atoms with Gasteiger partial charge < -0.3 is 5.11 Å². The Kier molecular flexibility index (Phi) is 3.30. The lowest BCUT2D eigenvalue weighted by Crippen LogP contribution is -2.18. The van der Waals surface area contributed by atoms with E-state index in [0.717, 1.165) is 48.6 Å².